The Morgan fingerprint density at radius 3 is 0.956 bits per heavy atom. The summed E-state index contributed by atoms with van der Waals surface area (Å²) in [6.07, 6.45) is 74.0. The standard InChI is InChI=1S/C62H104O6/c1-4-7-10-13-16-19-22-25-27-29-31-33-34-37-40-43-46-49-52-55-61(64)67-58-59(57-66-60(63)54-51-48-45-42-39-36-24-21-18-15-12-9-6-3)68-62(65)56-53-50-47-44-41-38-35-32-30-28-26-23-20-17-14-11-8-5-2/h9,12,15-16,18-19,21-22,24-25,28,30,32,35-36,39,59H,4-8,10-11,13-14,17,20,23,26-27,29,31,33-34,37-38,40-58H2,1-3H3/b12-9-,18-15-,19-16-,24-21-,25-22-,30-28-,35-32-,39-36-. The zero-order chi connectivity index (χ0) is 49.3. The average molecular weight is 946 g/mol. The molecule has 0 bridgehead atoms. The fraction of sp³-hybridized carbons (Fsp3) is 0.694. The summed E-state index contributed by atoms with van der Waals surface area (Å²) >= 11 is 0. The first-order valence-electron chi connectivity index (χ1n) is 28.3. The number of ether oxygens (including phenoxy) is 3. The molecule has 388 valence electrons. The number of esters is 3. The number of allylic oxidation sites excluding steroid dienone is 16. The van der Waals surface area contributed by atoms with E-state index in [1.165, 1.54) is 128 Å². The van der Waals surface area contributed by atoms with Crippen molar-refractivity contribution in [2.75, 3.05) is 13.2 Å². The van der Waals surface area contributed by atoms with Gasteiger partial charge in [-0.3, -0.25) is 14.4 Å². The van der Waals surface area contributed by atoms with Crippen LogP contribution in [0.5, 0.6) is 0 Å². The zero-order valence-electron chi connectivity index (χ0n) is 44.3. The fourth-order valence-corrected chi connectivity index (χ4v) is 7.67. The van der Waals surface area contributed by atoms with Gasteiger partial charge in [-0.25, -0.2) is 0 Å². The second kappa shape index (κ2) is 55.9. The van der Waals surface area contributed by atoms with E-state index in [0.29, 0.717) is 19.3 Å². The third-order valence-electron chi connectivity index (χ3n) is 11.9. The largest absolute Gasteiger partial charge is 0.462 e. The van der Waals surface area contributed by atoms with Gasteiger partial charge in [-0.1, -0.05) is 246 Å². The first kappa shape index (κ1) is 64.3. The molecular weight excluding hydrogens is 841 g/mol. The molecule has 0 spiro atoms. The molecule has 1 unspecified atom stereocenters. The summed E-state index contributed by atoms with van der Waals surface area (Å²) in [7, 11) is 0. The minimum Gasteiger partial charge on any atom is -0.462 e. The highest BCUT2D eigenvalue weighted by molar-refractivity contribution is 5.71. The van der Waals surface area contributed by atoms with Crippen LogP contribution in [0.4, 0.5) is 0 Å². The van der Waals surface area contributed by atoms with E-state index in [4.69, 9.17) is 14.2 Å². The van der Waals surface area contributed by atoms with Crippen molar-refractivity contribution in [3.05, 3.63) is 97.2 Å². The monoisotopic (exact) mass is 945 g/mol. The Morgan fingerprint density at radius 2 is 0.574 bits per heavy atom. The van der Waals surface area contributed by atoms with Crippen LogP contribution in [0.15, 0.2) is 97.2 Å². The fourth-order valence-electron chi connectivity index (χ4n) is 7.67. The van der Waals surface area contributed by atoms with Crippen LogP contribution in [0.3, 0.4) is 0 Å². The summed E-state index contributed by atoms with van der Waals surface area (Å²) < 4.78 is 16.8. The summed E-state index contributed by atoms with van der Waals surface area (Å²) in [4.78, 5) is 38.1. The quantitative estimate of drug-likeness (QED) is 0.0262. The Bertz CT molecular complexity index is 1360. The molecule has 1 atom stereocenters. The van der Waals surface area contributed by atoms with Gasteiger partial charge in [-0.05, 0) is 89.9 Å². The molecule has 0 aromatic rings. The maximum absolute atomic E-state index is 12.8. The van der Waals surface area contributed by atoms with E-state index in [-0.39, 0.29) is 31.1 Å². The van der Waals surface area contributed by atoms with Crippen molar-refractivity contribution >= 4 is 17.9 Å². The highest BCUT2D eigenvalue weighted by Gasteiger charge is 2.19. The molecule has 0 heterocycles. The molecule has 0 aromatic carbocycles. The SMILES string of the molecule is CC\C=C/C=C\C=C/C=C\CCCCCC(=O)OCC(COC(=O)CCCCCCCCCCCC/C=C\C=C/CCCCC)OC(=O)CCCCCCC/C=C\C=C/CCCCCCCCC. The van der Waals surface area contributed by atoms with Gasteiger partial charge in [0.15, 0.2) is 6.10 Å². The van der Waals surface area contributed by atoms with Crippen molar-refractivity contribution < 1.29 is 28.6 Å². The van der Waals surface area contributed by atoms with Crippen molar-refractivity contribution in [1.82, 2.24) is 0 Å². The molecule has 0 amide bonds. The van der Waals surface area contributed by atoms with Crippen molar-refractivity contribution in [2.24, 2.45) is 0 Å². The maximum atomic E-state index is 12.8. The van der Waals surface area contributed by atoms with Gasteiger partial charge in [0, 0.05) is 19.3 Å². The summed E-state index contributed by atoms with van der Waals surface area (Å²) in [5.41, 5.74) is 0. The van der Waals surface area contributed by atoms with E-state index in [9.17, 15) is 14.4 Å². The number of unbranched alkanes of at least 4 members (excludes halogenated alkanes) is 28. The summed E-state index contributed by atoms with van der Waals surface area (Å²) in [5.74, 6) is -0.956. The van der Waals surface area contributed by atoms with Crippen molar-refractivity contribution in [3.63, 3.8) is 0 Å². The van der Waals surface area contributed by atoms with Gasteiger partial charge in [-0.2, -0.15) is 0 Å². The minimum atomic E-state index is -0.804. The third-order valence-corrected chi connectivity index (χ3v) is 11.9. The highest BCUT2D eigenvalue weighted by Crippen LogP contribution is 2.15. The van der Waals surface area contributed by atoms with E-state index in [1.807, 2.05) is 36.5 Å². The summed E-state index contributed by atoms with van der Waals surface area (Å²) in [5, 5.41) is 0. The van der Waals surface area contributed by atoms with Gasteiger partial charge in [0.2, 0.25) is 0 Å². The molecule has 6 nitrogen and oxygen atoms in total. The number of carbonyl (C=O) groups excluding carboxylic acids is 3. The topological polar surface area (TPSA) is 78.9 Å². The van der Waals surface area contributed by atoms with Crippen LogP contribution in [-0.4, -0.2) is 37.2 Å². The highest BCUT2D eigenvalue weighted by atomic mass is 16.6. The van der Waals surface area contributed by atoms with Gasteiger partial charge in [0.05, 0.1) is 0 Å². The maximum Gasteiger partial charge on any atom is 0.306 e. The summed E-state index contributed by atoms with van der Waals surface area (Å²) in [6.45, 7) is 6.42. The number of hydrogen-bond donors (Lipinski definition) is 0. The first-order valence-corrected chi connectivity index (χ1v) is 28.3. The Kier molecular flexibility index (Phi) is 52.9. The van der Waals surface area contributed by atoms with E-state index in [0.717, 1.165) is 89.9 Å². The molecule has 0 aromatic heterocycles. The smallest absolute Gasteiger partial charge is 0.306 e. The first-order chi connectivity index (χ1) is 33.5. The van der Waals surface area contributed by atoms with Gasteiger partial charge >= 0.3 is 17.9 Å². The van der Waals surface area contributed by atoms with Gasteiger partial charge in [-0.15, -0.1) is 0 Å². The van der Waals surface area contributed by atoms with Crippen molar-refractivity contribution in [3.8, 4) is 0 Å². The normalized spacial score (nSPS) is 12.8. The Hall–Kier alpha value is -3.67. The lowest BCUT2D eigenvalue weighted by Gasteiger charge is -2.18. The third kappa shape index (κ3) is 53.3. The van der Waals surface area contributed by atoms with E-state index < -0.39 is 6.10 Å². The van der Waals surface area contributed by atoms with Crippen molar-refractivity contribution in [2.45, 2.75) is 264 Å². The molecule has 0 aliphatic heterocycles. The molecule has 0 N–H and O–H groups in total. The second-order valence-corrected chi connectivity index (χ2v) is 18.6. The Labute approximate surface area is 419 Å². The van der Waals surface area contributed by atoms with Crippen molar-refractivity contribution in [1.29, 1.82) is 0 Å². The molecule has 0 radical (unpaired) electrons. The zero-order valence-corrected chi connectivity index (χ0v) is 44.3. The van der Waals surface area contributed by atoms with Gasteiger partial charge in [0.1, 0.15) is 13.2 Å². The molecule has 0 saturated carbocycles. The molecule has 6 heteroatoms. The second-order valence-electron chi connectivity index (χ2n) is 18.6. The van der Waals surface area contributed by atoms with E-state index in [2.05, 4.69) is 81.5 Å². The molecule has 68 heavy (non-hydrogen) atoms. The molecule has 0 fully saturated rings. The predicted molar refractivity (Wildman–Crippen MR) is 293 cm³/mol. The molecule has 0 rings (SSSR count). The van der Waals surface area contributed by atoms with Crippen LogP contribution in [0, 0.1) is 0 Å². The molecule has 0 aliphatic rings. The van der Waals surface area contributed by atoms with Crippen LogP contribution in [-0.2, 0) is 28.6 Å². The average Bonchev–Trinajstić information content (AvgIpc) is 3.34. The number of rotatable bonds is 50. The Balaban J connectivity index is 4.44. The number of carbonyl (C=O) groups is 3. The predicted octanol–water partition coefficient (Wildman–Crippen LogP) is 18.9. The van der Waals surface area contributed by atoms with Crippen LogP contribution in [0.25, 0.3) is 0 Å². The van der Waals surface area contributed by atoms with Crippen LogP contribution >= 0.6 is 0 Å². The van der Waals surface area contributed by atoms with Gasteiger partial charge < -0.3 is 14.2 Å². The van der Waals surface area contributed by atoms with Crippen LogP contribution in [0.2, 0.25) is 0 Å². The lowest BCUT2D eigenvalue weighted by molar-refractivity contribution is -0.167. The van der Waals surface area contributed by atoms with Crippen LogP contribution < -0.4 is 0 Å². The lowest BCUT2D eigenvalue weighted by atomic mass is 10.1. The molecule has 0 aliphatic carbocycles. The van der Waals surface area contributed by atoms with E-state index in [1.54, 1.807) is 0 Å². The summed E-state index contributed by atoms with van der Waals surface area (Å²) in [6, 6.07) is 0. The Morgan fingerprint density at radius 1 is 0.309 bits per heavy atom. The molecular formula is C62H104O6. The number of hydrogen-bond acceptors (Lipinski definition) is 6. The molecule has 0 saturated heterocycles. The minimum absolute atomic E-state index is 0.0990. The van der Waals surface area contributed by atoms with Crippen LogP contribution in [0.1, 0.15) is 258 Å². The van der Waals surface area contributed by atoms with E-state index >= 15 is 0 Å². The van der Waals surface area contributed by atoms with Gasteiger partial charge in [0.25, 0.3) is 0 Å². The lowest BCUT2D eigenvalue weighted by Crippen LogP contribution is -2.30.